The fourth-order valence-electron chi connectivity index (χ4n) is 2.06. The summed E-state index contributed by atoms with van der Waals surface area (Å²) in [5, 5.41) is 23.9. The number of carbonyl (C=O) groups is 1. The maximum atomic E-state index is 10.5. The summed E-state index contributed by atoms with van der Waals surface area (Å²) in [5.41, 5.74) is 15.3. The molecule has 1 heterocycles. The molecule has 28 heavy (non-hydrogen) atoms. The van der Waals surface area contributed by atoms with Gasteiger partial charge < -0.3 is 22.2 Å². The number of nitrogens with two attached hydrogens (primary N) is 2. The Morgan fingerprint density at radius 2 is 2.29 bits per heavy atom. The molecule has 1 rings (SSSR count). The van der Waals surface area contributed by atoms with Crippen molar-refractivity contribution in [1.29, 1.82) is 10.7 Å². The highest BCUT2D eigenvalue weighted by Crippen LogP contribution is 2.31. The minimum absolute atomic E-state index is 0.0854. The molecule has 0 aromatic carbocycles. The van der Waals surface area contributed by atoms with Crippen molar-refractivity contribution in [3.05, 3.63) is 51.7 Å². The molecule has 0 unspecified atom stereocenters. The Morgan fingerprint density at radius 3 is 2.86 bits per heavy atom. The van der Waals surface area contributed by atoms with Gasteiger partial charge in [-0.1, -0.05) is 12.7 Å². The summed E-state index contributed by atoms with van der Waals surface area (Å²) in [7, 11) is 1.74. The van der Waals surface area contributed by atoms with Gasteiger partial charge in [0.15, 0.2) is 0 Å². The second-order valence-corrected chi connectivity index (χ2v) is 6.38. The van der Waals surface area contributed by atoms with Crippen LogP contribution in [0.15, 0.2) is 46.9 Å². The van der Waals surface area contributed by atoms with Crippen LogP contribution in [0.2, 0.25) is 0 Å². The SMILES string of the molecule is C=C(/C=C\N)Cc1nc(NC)c(C(/C=N\NC=O)=C/CC(N)=C(C#N)C=N)s1. The van der Waals surface area contributed by atoms with Crippen molar-refractivity contribution in [2.45, 2.75) is 12.8 Å². The van der Waals surface area contributed by atoms with E-state index in [1.807, 2.05) is 6.07 Å². The molecule has 9 nitrogen and oxygen atoms in total. The number of nitriles is 1. The van der Waals surface area contributed by atoms with Crippen molar-refractivity contribution < 1.29 is 4.79 Å². The van der Waals surface area contributed by atoms with Crippen LogP contribution in [0.4, 0.5) is 5.82 Å². The first-order valence-corrected chi connectivity index (χ1v) is 8.87. The highest BCUT2D eigenvalue weighted by atomic mass is 32.1. The third-order valence-corrected chi connectivity index (χ3v) is 4.47. The first-order valence-electron chi connectivity index (χ1n) is 8.06. The fraction of sp³-hybridized carbons (Fsp3) is 0.167. The number of rotatable bonds is 11. The molecule has 0 radical (unpaired) electrons. The average molecular weight is 398 g/mol. The lowest BCUT2D eigenvalue weighted by Gasteiger charge is -2.04. The van der Waals surface area contributed by atoms with E-state index in [1.54, 1.807) is 19.2 Å². The molecular formula is C18H22N8OS. The summed E-state index contributed by atoms with van der Waals surface area (Å²) in [6, 6.07) is 1.87. The van der Waals surface area contributed by atoms with E-state index < -0.39 is 0 Å². The predicted molar refractivity (Wildman–Crippen MR) is 114 cm³/mol. The number of hydrogen-bond acceptors (Lipinski definition) is 9. The third-order valence-electron chi connectivity index (χ3n) is 3.36. The molecule has 0 aliphatic rings. The van der Waals surface area contributed by atoms with Gasteiger partial charge in [0.1, 0.15) is 11.9 Å². The number of nitrogens with one attached hydrogen (secondary N) is 3. The van der Waals surface area contributed by atoms with E-state index in [2.05, 4.69) is 27.4 Å². The Balaban J connectivity index is 3.32. The second-order valence-electron chi connectivity index (χ2n) is 5.29. The average Bonchev–Trinajstić information content (AvgIpc) is 3.08. The topological polar surface area (TPSA) is 166 Å². The zero-order valence-corrected chi connectivity index (χ0v) is 16.2. The number of aromatic nitrogens is 1. The highest BCUT2D eigenvalue weighted by Gasteiger charge is 2.14. The maximum Gasteiger partial charge on any atom is 0.227 e. The quantitative estimate of drug-likeness (QED) is 0.125. The van der Waals surface area contributed by atoms with E-state index in [4.69, 9.17) is 22.1 Å². The standard InChI is InChI=1S/C18H22N8OS/c1-12(5-6-19)7-16-26-18(23-2)17(28-16)13(10-24-25-11-27)3-4-15(22)14(8-20)9-21/h3,5-6,8,10-11,20,23H,1,4,7,19,22H2,2H3,(H,25,27)/b6-5-,13-3+,15-14?,20-8?,24-10-. The van der Waals surface area contributed by atoms with Crippen LogP contribution in [0.5, 0.6) is 0 Å². The number of hydrazone groups is 1. The lowest BCUT2D eigenvalue weighted by molar-refractivity contribution is -0.109. The Kier molecular flexibility index (Phi) is 9.43. The normalized spacial score (nSPS) is 12.5. The Labute approximate surface area is 167 Å². The molecule has 1 aromatic heterocycles. The van der Waals surface area contributed by atoms with Gasteiger partial charge >= 0.3 is 0 Å². The molecule has 0 fully saturated rings. The number of hydrogen-bond donors (Lipinski definition) is 5. The number of carbonyl (C=O) groups excluding carboxylic acids is 1. The number of allylic oxidation sites excluding steroid dienone is 5. The maximum absolute atomic E-state index is 10.5. The molecule has 0 spiro atoms. The zero-order chi connectivity index (χ0) is 20.9. The predicted octanol–water partition coefficient (Wildman–Crippen LogP) is 1.65. The smallest absolute Gasteiger partial charge is 0.227 e. The van der Waals surface area contributed by atoms with Gasteiger partial charge in [0.05, 0.1) is 21.7 Å². The van der Waals surface area contributed by atoms with Crippen LogP contribution in [0.3, 0.4) is 0 Å². The Morgan fingerprint density at radius 1 is 1.54 bits per heavy atom. The van der Waals surface area contributed by atoms with Crippen molar-refractivity contribution >= 4 is 41.6 Å². The summed E-state index contributed by atoms with van der Waals surface area (Å²) in [6.45, 7) is 3.92. The summed E-state index contributed by atoms with van der Waals surface area (Å²) < 4.78 is 0. The molecule has 0 bridgehead atoms. The van der Waals surface area contributed by atoms with Gasteiger partial charge in [-0.15, -0.1) is 11.3 Å². The van der Waals surface area contributed by atoms with Gasteiger partial charge in [-0.2, -0.15) is 10.4 Å². The number of thiazole rings is 1. The minimum Gasteiger partial charge on any atom is -0.405 e. The number of anilines is 1. The monoisotopic (exact) mass is 398 g/mol. The molecule has 146 valence electrons. The van der Waals surface area contributed by atoms with Gasteiger partial charge in [-0.25, -0.2) is 10.4 Å². The molecule has 10 heteroatoms. The van der Waals surface area contributed by atoms with Crippen LogP contribution < -0.4 is 22.2 Å². The Bertz CT molecular complexity index is 886. The molecule has 0 aliphatic heterocycles. The van der Waals surface area contributed by atoms with Crippen LogP contribution in [0.25, 0.3) is 5.57 Å². The first-order chi connectivity index (χ1) is 13.5. The number of amides is 1. The van der Waals surface area contributed by atoms with Gasteiger partial charge in [0.2, 0.25) is 6.41 Å². The van der Waals surface area contributed by atoms with E-state index in [9.17, 15) is 4.79 Å². The molecule has 0 atom stereocenters. The molecule has 0 saturated carbocycles. The van der Waals surface area contributed by atoms with Crippen molar-refractivity contribution in [3.8, 4) is 6.07 Å². The lowest BCUT2D eigenvalue weighted by Crippen LogP contribution is -2.03. The molecule has 0 aliphatic carbocycles. The van der Waals surface area contributed by atoms with Gasteiger partial charge in [0, 0.05) is 37.4 Å². The van der Waals surface area contributed by atoms with E-state index in [0.29, 0.717) is 24.2 Å². The zero-order valence-electron chi connectivity index (χ0n) is 15.4. The first kappa shape index (κ1) is 22.3. The summed E-state index contributed by atoms with van der Waals surface area (Å²) in [6.07, 6.45) is 8.45. The van der Waals surface area contributed by atoms with Gasteiger partial charge in [-0.05, 0) is 17.8 Å². The van der Waals surface area contributed by atoms with E-state index in [-0.39, 0.29) is 17.7 Å². The van der Waals surface area contributed by atoms with Crippen molar-refractivity contribution in [2.75, 3.05) is 12.4 Å². The van der Waals surface area contributed by atoms with Gasteiger partial charge in [-0.3, -0.25) is 4.79 Å². The van der Waals surface area contributed by atoms with Gasteiger partial charge in [0.25, 0.3) is 0 Å². The third kappa shape index (κ3) is 6.54. The molecule has 1 aromatic rings. The van der Waals surface area contributed by atoms with Crippen LogP contribution in [0.1, 0.15) is 16.3 Å². The molecular weight excluding hydrogens is 376 g/mol. The minimum atomic E-state index is 0.0854. The van der Waals surface area contributed by atoms with E-state index in [1.165, 1.54) is 23.8 Å². The lowest BCUT2D eigenvalue weighted by atomic mass is 10.1. The molecule has 0 saturated heterocycles. The highest BCUT2D eigenvalue weighted by molar-refractivity contribution is 7.13. The van der Waals surface area contributed by atoms with Crippen molar-refractivity contribution in [3.63, 3.8) is 0 Å². The number of nitrogens with zero attached hydrogens (tertiary/aromatic N) is 3. The summed E-state index contributed by atoms with van der Waals surface area (Å²) >= 11 is 1.42. The molecule has 1 amide bonds. The second kappa shape index (κ2) is 11.8. The van der Waals surface area contributed by atoms with E-state index >= 15 is 0 Å². The van der Waals surface area contributed by atoms with Crippen LogP contribution in [-0.4, -0.2) is 30.9 Å². The fourth-order valence-corrected chi connectivity index (χ4v) is 3.19. The van der Waals surface area contributed by atoms with E-state index in [0.717, 1.165) is 21.7 Å². The molecule has 7 N–H and O–H groups in total. The summed E-state index contributed by atoms with van der Waals surface area (Å²) in [5.74, 6) is 0.628. The van der Waals surface area contributed by atoms with Crippen molar-refractivity contribution in [2.24, 2.45) is 16.6 Å². The largest absolute Gasteiger partial charge is 0.405 e. The van der Waals surface area contributed by atoms with Crippen LogP contribution >= 0.6 is 11.3 Å². The summed E-state index contributed by atoms with van der Waals surface area (Å²) in [4.78, 5) is 15.8. The van der Waals surface area contributed by atoms with Crippen molar-refractivity contribution in [1.82, 2.24) is 10.4 Å². The Hall–Kier alpha value is -3.71. The van der Waals surface area contributed by atoms with Crippen LogP contribution in [-0.2, 0) is 11.2 Å². The van der Waals surface area contributed by atoms with Crippen LogP contribution in [0, 0.1) is 16.7 Å².